The summed E-state index contributed by atoms with van der Waals surface area (Å²) in [4.78, 5) is 11.6. The zero-order valence-corrected chi connectivity index (χ0v) is 8.05. The predicted octanol–water partition coefficient (Wildman–Crippen LogP) is 1.65. The molecule has 0 fully saturated rings. The van der Waals surface area contributed by atoms with Gasteiger partial charge in [0.2, 0.25) is 0 Å². The van der Waals surface area contributed by atoms with E-state index in [0.29, 0.717) is 0 Å². The Bertz CT molecular complexity index is 228. The first-order valence-corrected chi connectivity index (χ1v) is 4.41. The fourth-order valence-electron chi connectivity index (χ4n) is 1.55. The molecule has 0 aromatic heterocycles. The molecule has 1 atom stereocenters. The summed E-state index contributed by atoms with van der Waals surface area (Å²) >= 11 is 0. The molecule has 1 rings (SSSR count). The SMILES string of the molecule is CC1=CC(N)C(=O)C(C)(C)CC1. The van der Waals surface area contributed by atoms with E-state index in [0.717, 1.165) is 12.8 Å². The summed E-state index contributed by atoms with van der Waals surface area (Å²) in [5.41, 5.74) is 6.71. The lowest BCUT2D eigenvalue weighted by Gasteiger charge is -2.22. The maximum Gasteiger partial charge on any atom is 0.159 e. The van der Waals surface area contributed by atoms with Crippen LogP contribution in [0.15, 0.2) is 11.6 Å². The summed E-state index contributed by atoms with van der Waals surface area (Å²) in [6.45, 7) is 5.98. The number of allylic oxidation sites excluding steroid dienone is 1. The number of hydrogen-bond donors (Lipinski definition) is 1. The molecule has 1 aliphatic carbocycles. The van der Waals surface area contributed by atoms with Gasteiger partial charge in [-0.25, -0.2) is 0 Å². The Morgan fingerprint density at radius 3 is 2.75 bits per heavy atom. The standard InChI is InChI=1S/C10H17NO/c1-7-4-5-10(2,3)9(12)8(11)6-7/h6,8H,4-5,11H2,1-3H3. The molecular weight excluding hydrogens is 150 g/mol. The van der Waals surface area contributed by atoms with Crippen molar-refractivity contribution in [2.45, 2.75) is 39.7 Å². The molecule has 0 saturated carbocycles. The Kier molecular flexibility index (Phi) is 2.38. The van der Waals surface area contributed by atoms with Crippen molar-refractivity contribution in [3.63, 3.8) is 0 Å². The van der Waals surface area contributed by atoms with Crippen LogP contribution in [0.3, 0.4) is 0 Å². The van der Waals surface area contributed by atoms with E-state index in [2.05, 4.69) is 0 Å². The number of hydrogen-bond acceptors (Lipinski definition) is 2. The van der Waals surface area contributed by atoms with E-state index in [1.807, 2.05) is 26.8 Å². The highest BCUT2D eigenvalue weighted by molar-refractivity contribution is 5.90. The van der Waals surface area contributed by atoms with Gasteiger partial charge in [0.05, 0.1) is 6.04 Å². The fraction of sp³-hybridized carbons (Fsp3) is 0.700. The van der Waals surface area contributed by atoms with E-state index in [4.69, 9.17) is 5.73 Å². The minimum atomic E-state index is -0.387. The minimum Gasteiger partial charge on any atom is -0.318 e. The molecule has 2 nitrogen and oxygen atoms in total. The van der Waals surface area contributed by atoms with Crippen LogP contribution in [0.2, 0.25) is 0 Å². The lowest BCUT2D eigenvalue weighted by atomic mass is 9.82. The molecule has 0 spiro atoms. The van der Waals surface area contributed by atoms with Gasteiger partial charge >= 0.3 is 0 Å². The summed E-state index contributed by atoms with van der Waals surface area (Å²) < 4.78 is 0. The van der Waals surface area contributed by atoms with Crippen LogP contribution in [0.4, 0.5) is 0 Å². The largest absolute Gasteiger partial charge is 0.318 e. The minimum absolute atomic E-state index is 0.166. The van der Waals surface area contributed by atoms with Crippen LogP contribution < -0.4 is 5.73 Å². The third-order valence-corrected chi connectivity index (χ3v) is 2.58. The molecule has 1 unspecified atom stereocenters. The normalized spacial score (nSPS) is 29.5. The van der Waals surface area contributed by atoms with Crippen molar-refractivity contribution in [3.05, 3.63) is 11.6 Å². The van der Waals surface area contributed by atoms with E-state index in [9.17, 15) is 4.79 Å². The Labute approximate surface area is 73.8 Å². The molecule has 0 radical (unpaired) electrons. The van der Waals surface area contributed by atoms with Crippen molar-refractivity contribution in [2.24, 2.45) is 11.1 Å². The van der Waals surface area contributed by atoms with Crippen molar-refractivity contribution in [2.75, 3.05) is 0 Å². The van der Waals surface area contributed by atoms with Gasteiger partial charge in [0.25, 0.3) is 0 Å². The highest BCUT2D eigenvalue weighted by Gasteiger charge is 2.32. The van der Waals surface area contributed by atoms with Gasteiger partial charge in [-0.1, -0.05) is 25.5 Å². The Hall–Kier alpha value is -0.630. The van der Waals surface area contributed by atoms with E-state index < -0.39 is 0 Å². The van der Waals surface area contributed by atoms with Crippen LogP contribution in [-0.4, -0.2) is 11.8 Å². The van der Waals surface area contributed by atoms with Gasteiger partial charge in [0.1, 0.15) is 0 Å². The number of carbonyl (C=O) groups excluding carboxylic acids is 1. The zero-order chi connectivity index (χ0) is 9.35. The smallest absolute Gasteiger partial charge is 0.159 e. The fourth-order valence-corrected chi connectivity index (χ4v) is 1.55. The second kappa shape index (κ2) is 3.02. The first-order valence-electron chi connectivity index (χ1n) is 4.41. The van der Waals surface area contributed by atoms with E-state index in [1.54, 1.807) is 0 Å². The van der Waals surface area contributed by atoms with Gasteiger partial charge in [0, 0.05) is 5.41 Å². The number of Topliss-reactive ketones (excluding diaryl/α,β-unsaturated/α-hetero) is 1. The maximum absolute atomic E-state index is 11.6. The maximum atomic E-state index is 11.6. The van der Waals surface area contributed by atoms with Crippen molar-refractivity contribution in [1.29, 1.82) is 0 Å². The first-order chi connectivity index (χ1) is 5.43. The molecule has 0 amide bonds. The number of nitrogens with two attached hydrogens (primary N) is 1. The third kappa shape index (κ3) is 1.75. The molecule has 68 valence electrons. The first kappa shape index (κ1) is 9.46. The molecule has 2 heteroatoms. The van der Waals surface area contributed by atoms with Crippen LogP contribution >= 0.6 is 0 Å². The second-order valence-corrected chi connectivity index (χ2v) is 4.29. The lowest BCUT2D eigenvalue weighted by Crippen LogP contribution is -2.37. The summed E-state index contributed by atoms with van der Waals surface area (Å²) in [6.07, 6.45) is 3.80. The van der Waals surface area contributed by atoms with Crippen molar-refractivity contribution < 1.29 is 4.79 Å². The summed E-state index contributed by atoms with van der Waals surface area (Å²) in [5.74, 6) is 0.166. The van der Waals surface area contributed by atoms with Crippen LogP contribution in [-0.2, 0) is 4.79 Å². The summed E-state index contributed by atoms with van der Waals surface area (Å²) in [7, 11) is 0. The average Bonchev–Trinajstić information content (AvgIpc) is 2.04. The van der Waals surface area contributed by atoms with Gasteiger partial charge in [-0.05, 0) is 19.8 Å². The number of ketones is 1. The van der Waals surface area contributed by atoms with E-state index in [1.165, 1.54) is 5.57 Å². The molecule has 12 heavy (non-hydrogen) atoms. The van der Waals surface area contributed by atoms with Gasteiger partial charge < -0.3 is 5.73 Å². The van der Waals surface area contributed by atoms with Gasteiger partial charge in [0.15, 0.2) is 5.78 Å². The average molecular weight is 167 g/mol. The monoisotopic (exact) mass is 167 g/mol. The molecule has 0 aromatic rings. The van der Waals surface area contributed by atoms with Gasteiger partial charge in [-0.3, -0.25) is 4.79 Å². The highest BCUT2D eigenvalue weighted by atomic mass is 16.1. The second-order valence-electron chi connectivity index (χ2n) is 4.29. The predicted molar refractivity (Wildman–Crippen MR) is 49.8 cm³/mol. The molecule has 2 N–H and O–H groups in total. The molecule has 0 aliphatic heterocycles. The van der Waals surface area contributed by atoms with Crippen LogP contribution in [0, 0.1) is 5.41 Å². The molecule has 1 aliphatic rings. The van der Waals surface area contributed by atoms with E-state index in [-0.39, 0.29) is 17.2 Å². The number of rotatable bonds is 0. The Balaban J connectivity index is 2.90. The van der Waals surface area contributed by atoms with Crippen LogP contribution in [0.5, 0.6) is 0 Å². The summed E-state index contributed by atoms with van der Waals surface area (Å²) in [5, 5.41) is 0. The van der Waals surface area contributed by atoms with Crippen LogP contribution in [0.25, 0.3) is 0 Å². The van der Waals surface area contributed by atoms with Crippen LogP contribution in [0.1, 0.15) is 33.6 Å². The van der Waals surface area contributed by atoms with Crippen molar-refractivity contribution in [3.8, 4) is 0 Å². The number of carbonyl (C=O) groups is 1. The van der Waals surface area contributed by atoms with Crippen molar-refractivity contribution in [1.82, 2.24) is 0 Å². The van der Waals surface area contributed by atoms with Gasteiger partial charge in [-0.2, -0.15) is 0 Å². The molecular formula is C10H17NO. The third-order valence-electron chi connectivity index (χ3n) is 2.58. The zero-order valence-electron chi connectivity index (χ0n) is 8.05. The topological polar surface area (TPSA) is 43.1 Å². The highest BCUT2D eigenvalue weighted by Crippen LogP contribution is 2.29. The Morgan fingerprint density at radius 1 is 1.58 bits per heavy atom. The molecule has 0 saturated heterocycles. The van der Waals surface area contributed by atoms with Crippen molar-refractivity contribution >= 4 is 5.78 Å². The lowest BCUT2D eigenvalue weighted by molar-refractivity contribution is -0.127. The quantitative estimate of drug-likeness (QED) is 0.557. The Morgan fingerprint density at radius 2 is 2.17 bits per heavy atom. The molecule has 0 aromatic carbocycles. The molecule has 0 heterocycles. The molecule has 0 bridgehead atoms. The summed E-state index contributed by atoms with van der Waals surface area (Å²) in [6, 6.07) is -0.387. The van der Waals surface area contributed by atoms with Gasteiger partial charge in [-0.15, -0.1) is 0 Å². The van der Waals surface area contributed by atoms with E-state index >= 15 is 0 Å².